The molecular weight excluding hydrogens is 356 g/mol. The quantitative estimate of drug-likeness (QED) is 0.746. The van der Waals surface area contributed by atoms with E-state index in [0.717, 1.165) is 32.1 Å². The van der Waals surface area contributed by atoms with Gasteiger partial charge in [-0.05, 0) is 73.2 Å². The lowest BCUT2D eigenvalue weighted by Gasteiger charge is -2.59. The number of Topliss-reactive ketones (excluding diaryl/α,β-unsaturated/α-hetero) is 1. The average molecular weight is 391 g/mol. The molecule has 0 unspecified atom stereocenters. The summed E-state index contributed by atoms with van der Waals surface area (Å²) in [6, 6.07) is 0. The van der Waals surface area contributed by atoms with Crippen LogP contribution in [0.5, 0.6) is 0 Å². The Kier molecular flexibility index (Phi) is 5.08. The molecule has 0 heterocycles. The predicted octanol–water partition coefficient (Wildman–Crippen LogP) is 3.29. The third kappa shape index (κ3) is 2.77. The summed E-state index contributed by atoms with van der Waals surface area (Å²) in [5, 5.41) is 11.4. The van der Waals surface area contributed by atoms with Gasteiger partial charge in [0.05, 0.1) is 6.10 Å². The molecule has 28 heavy (non-hydrogen) atoms. The van der Waals surface area contributed by atoms with Crippen LogP contribution in [0, 0.1) is 34.5 Å². The molecule has 0 amide bonds. The Morgan fingerprint density at radius 2 is 1.89 bits per heavy atom. The third-order valence-corrected chi connectivity index (χ3v) is 8.90. The molecule has 0 radical (unpaired) electrons. The van der Waals surface area contributed by atoms with E-state index in [-0.39, 0.29) is 34.2 Å². The van der Waals surface area contributed by atoms with E-state index in [1.807, 2.05) is 6.08 Å². The molecule has 0 aromatic heterocycles. The van der Waals surface area contributed by atoms with Gasteiger partial charge in [0.15, 0.2) is 11.6 Å². The zero-order chi connectivity index (χ0) is 20.3. The molecule has 0 saturated heterocycles. The van der Waals surface area contributed by atoms with Gasteiger partial charge in [0.1, 0.15) is 0 Å². The predicted molar refractivity (Wildman–Crippen MR) is 104 cm³/mol. The van der Waals surface area contributed by atoms with Crippen molar-refractivity contribution >= 4 is 11.6 Å². The molecule has 5 nitrogen and oxygen atoms in total. The highest BCUT2D eigenvalue weighted by molar-refractivity contribution is 5.91. The summed E-state index contributed by atoms with van der Waals surface area (Å²) < 4.78 is 10.5. The molecule has 0 bridgehead atoms. The second-order valence-electron chi connectivity index (χ2n) is 10.0. The van der Waals surface area contributed by atoms with Gasteiger partial charge in [-0.25, -0.2) is 0 Å². The first kappa shape index (κ1) is 20.2. The van der Waals surface area contributed by atoms with Crippen LogP contribution in [0.25, 0.3) is 0 Å². The maximum absolute atomic E-state index is 13.1. The van der Waals surface area contributed by atoms with Crippen molar-refractivity contribution in [3.05, 3.63) is 11.6 Å². The van der Waals surface area contributed by atoms with Crippen LogP contribution in [-0.2, 0) is 19.1 Å². The van der Waals surface area contributed by atoms with Crippen LogP contribution in [0.3, 0.4) is 0 Å². The van der Waals surface area contributed by atoms with Crippen LogP contribution in [0.1, 0.15) is 58.8 Å². The minimum atomic E-state index is -0.821. The van der Waals surface area contributed by atoms with E-state index in [2.05, 4.69) is 13.8 Å². The first-order valence-electron chi connectivity index (χ1n) is 10.8. The van der Waals surface area contributed by atoms with Gasteiger partial charge in [-0.2, -0.15) is 0 Å². The van der Waals surface area contributed by atoms with Gasteiger partial charge in [-0.3, -0.25) is 9.59 Å². The maximum atomic E-state index is 13.1. The molecule has 5 heteroatoms. The molecule has 156 valence electrons. The lowest BCUT2D eigenvalue weighted by Crippen LogP contribution is -2.57. The number of hydrogen-bond donors (Lipinski definition) is 1. The zero-order valence-electron chi connectivity index (χ0n) is 17.6. The first-order chi connectivity index (χ1) is 13.3. The lowest BCUT2D eigenvalue weighted by molar-refractivity contribution is -0.172. The van der Waals surface area contributed by atoms with Crippen molar-refractivity contribution in [1.29, 1.82) is 0 Å². The van der Waals surface area contributed by atoms with Crippen molar-refractivity contribution < 1.29 is 24.2 Å². The minimum absolute atomic E-state index is 0.0199. The van der Waals surface area contributed by atoms with Gasteiger partial charge in [-0.1, -0.05) is 19.4 Å². The van der Waals surface area contributed by atoms with Gasteiger partial charge in [-0.15, -0.1) is 0 Å². The van der Waals surface area contributed by atoms with E-state index in [4.69, 9.17) is 9.47 Å². The monoisotopic (exact) mass is 390 g/mol. The number of allylic oxidation sites excluding steroid dienone is 1. The smallest absolute Gasteiger partial charge is 0.217 e. The van der Waals surface area contributed by atoms with E-state index in [1.54, 1.807) is 0 Å². The number of carbonyl (C=O) groups is 2. The summed E-state index contributed by atoms with van der Waals surface area (Å²) in [6.07, 6.45) is 6.50. The van der Waals surface area contributed by atoms with Gasteiger partial charge < -0.3 is 14.6 Å². The number of ketones is 2. The fourth-order valence-corrected chi connectivity index (χ4v) is 7.65. The van der Waals surface area contributed by atoms with Crippen molar-refractivity contribution in [1.82, 2.24) is 0 Å². The van der Waals surface area contributed by atoms with E-state index in [9.17, 15) is 14.7 Å². The van der Waals surface area contributed by atoms with E-state index >= 15 is 0 Å². The van der Waals surface area contributed by atoms with Crippen LogP contribution in [0.4, 0.5) is 0 Å². The largest absolute Gasteiger partial charge is 0.393 e. The molecule has 7 atom stereocenters. The van der Waals surface area contributed by atoms with E-state index in [1.165, 1.54) is 19.8 Å². The molecular formula is C23H34O5. The molecule has 0 aromatic rings. The highest BCUT2D eigenvalue weighted by Gasteiger charge is 2.63. The third-order valence-electron chi connectivity index (χ3n) is 8.90. The van der Waals surface area contributed by atoms with Crippen LogP contribution in [0.15, 0.2) is 11.6 Å². The standard InChI is InChI=1S/C23H34O5/c1-22-10-9-14(24)11-13(22)5-6-15-16-7-8-17(20(26)21(27-3)28-4)23(16,2)12-18(25)19(15)22/h11,15-19,21,25H,5-10,12H2,1-4H3/t15-,16-,17+,18-,19+,22+,23+/m1/s1. The summed E-state index contributed by atoms with van der Waals surface area (Å²) >= 11 is 0. The summed E-state index contributed by atoms with van der Waals surface area (Å²) in [4.78, 5) is 25.1. The fourth-order valence-electron chi connectivity index (χ4n) is 7.65. The van der Waals surface area contributed by atoms with Gasteiger partial charge in [0.2, 0.25) is 6.29 Å². The van der Waals surface area contributed by atoms with Crippen molar-refractivity contribution in [2.45, 2.75) is 71.2 Å². The summed E-state index contributed by atoms with van der Waals surface area (Å²) in [5.74, 6) is 1.15. The van der Waals surface area contributed by atoms with Crippen molar-refractivity contribution in [2.75, 3.05) is 14.2 Å². The number of ether oxygens (including phenoxy) is 2. The Labute approximate surface area is 167 Å². The number of fused-ring (bicyclic) bond motifs is 5. The zero-order valence-corrected chi connectivity index (χ0v) is 17.6. The molecule has 4 rings (SSSR count). The Balaban J connectivity index is 1.65. The second-order valence-corrected chi connectivity index (χ2v) is 10.0. The van der Waals surface area contributed by atoms with E-state index < -0.39 is 12.4 Å². The Morgan fingerprint density at radius 3 is 2.57 bits per heavy atom. The van der Waals surface area contributed by atoms with Crippen LogP contribution in [-0.4, -0.2) is 43.3 Å². The Hall–Kier alpha value is -1.04. The molecule has 0 aromatic carbocycles. The second kappa shape index (κ2) is 7.03. The van der Waals surface area contributed by atoms with Crippen LogP contribution >= 0.6 is 0 Å². The molecule has 0 spiro atoms. The number of aliphatic hydroxyl groups is 1. The van der Waals surface area contributed by atoms with Crippen molar-refractivity contribution in [3.8, 4) is 0 Å². The Bertz CT molecular complexity index is 695. The first-order valence-corrected chi connectivity index (χ1v) is 10.8. The average Bonchev–Trinajstić information content (AvgIpc) is 2.99. The fraction of sp³-hybridized carbons (Fsp3) is 0.826. The highest BCUT2D eigenvalue weighted by atomic mass is 16.7. The topological polar surface area (TPSA) is 72.8 Å². The van der Waals surface area contributed by atoms with Crippen LogP contribution < -0.4 is 0 Å². The number of carbonyl (C=O) groups excluding carboxylic acids is 2. The molecule has 4 aliphatic rings. The van der Waals surface area contributed by atoms with E-state index in [0.29, 0.717) is 24.7 Å². The SMILES string of the molecule is COC(OC)C(=O)[C@@H]1CC[C@@H]2[C@H]3CCC4=CC(=O)CC[C@]4(C)[C@@H]3[C@H](O)C[C@@]21C. The number of aliphatic hydroxyl groups excluding tert-OH is 1. The number of rotatable bonds is 4. The molecule has 3 saturated carbocycles. The molecule has 4 aliphatic carbocycles. The van der Waals surface area contributed by atoms with Gasteiger partial charge in [0, 0.05) is 26.6 Å². The minimum Gasteiger partial charge on any atom is -0.393 e. The lowest BCUT2D eigenvalue weighted by atomic mass is 9.46. The number of hydrogen-bond acceptors (Lipinski definition) is 5. The molecule has 0 aliphatic heterocycles. The number of methoxy groups -OCH3 is 2. The van der Waals surface area contributed by atoms with Crippen LogP contribution in [0.2, 0.25) is 0 Å². The maximum Gasteiger partial charge on any atom is 0.217 e. The summed E-state index contributed by atoms with van der Waals surface area (Å²) in [5.41, 5.74) is 0.952. The molecule has 3 fully saturated rings. The molecule has 1 N–H and O–H groups in total. The van der Waals surface area contributed by atoms with Crippen molar-refractivity contribution in [2.24, 2.45) is 34.5 Å². The Morgan fingerprint density at radius 1 is 1.18 bits per heavy atom. The summed E-state index contributed by atoms with van der Waals surface area (Å²) in [7, 11) is 3.01. The highest BCUT2D eigenvalue weighted by Crippen LogP contribution is 2.66. The van der Waals surface area contributed by atoms with Gasteiger partial charge >= 0.3 is 0 Å². The van der Waals surface area contributed by atoms with Crippen molar-refractivity contribution in [3.63, 3.8) is 0 Å². The normalized spacial score (nSPS) is 45.3. The summed E-state index contributed by atoms with van der Waals surface area (Å²) in [6.45, 7) is 4.46. The van der Waals surface area contributed by atoms with Gasteiger partial charge in [0.25, 0.3) is 0 Å².